The molecule has 5 nitrogen and oxygen atoms in total. The summed E-state index contributed by atoms with van der Waals surface area (Å²) in [6.07, 6.45) is 3.76. The summed E-state index contributed by atoms with van der Waals surface area (Å²) in [5.74, 6) is 0.554. The number of rotatable bonds is 7. The number of hydrogen-bond donors (Lipinski definition) is 2. The lowest BCUT2D eigenvalue weighted by atomic mass is 10.2. The molecule has 0 fully saturated rings. The van der Waals surface area contributed by atoms with Crippen LogP contribution in [0.15, 0.2) is 18.3 Å². The quantitative estimate of drug-likeness (QED) is 0.705. The maximum atomic E-state index is 11.5. The first-order valence-electron chi connectivity index (χ1n) is 5.85. The van der Waals surface area contributed by atoms with E-state index in [9.17, 15) is 4.79 Å². The predicted molar refractivity (Wildman–Crippen MR) is 66.9 cm³/mol. The lowest BCUT2D eigenvalue weighted by molar-refractivity contribution is -0.116. The van der Waals surface area contributed by atoms with Gasteiger partial charge in [0.2, 0.25) is 11.8 Å². The van der Waals surface area contributed by atoms with Gasteiger partial charge in [-0.05, 0) is 32.4 Å². The highest BCUT2D eigenvalue weighted by atomic mass is 16.5. The Hall–Kier alpha value is -1.62. The highest BCUT2D eigenvalue weighted by Crippen LogP contribution is 2.12. The third kappa shape index (κ3) is 5.31. The van der Waals surface area contributed by atoms with Gasteiger partial charge < -0.3 is 15.8 Å². The summed E-state index contributed by atoms with van der Waals surface area (Å²) >= 11 is 0. The van der Waals surface area contributed by atoms with E-state index in [4.69, 9.17) is 10.5 Å². The molecule has 3 N–H and O–H groups in total. The summed E-state index contributed by atoms with van der Waals surface area (Å²) in [5.41, 5.74) is 6.04. The van der Waals surface area contributed by atoms with Crippen molar-refractivity contribution >= 4 is 11.6 Å². The molecular weight excluding hydrogens is 218 g/mol. The number of pyridine rings is 1. The van der Waals surface area contributed by atoms with Gasteiger partial charge in [0.1, 0.15) is 0 Å². The van der Waals surface area contributed by atoms with Crippen LogP contribution < -0.4 is 15.8 Å². The molecule has 1 amide bonds. The second-order valence-corrected chi connectivity index (χ2v) is 3.61. The van der Waals surface area contributed by atoms with Crippen molar-refractivity contribution in [3.63, 3.8) is 0 Å². The van der Waals surface area contributed by atoms with Crippen LogP contribution in [0.3, 0.4) is 0 Å². The fourth-order valence-electron chi connectivity index (χ4n) is 1.34. The molecule has 17 heavy (non-hydrogen) atoms. The summed E-state index contributed by atoms with van der Waals surface area (Å²) in [6.45, 7) is 3.10. The van der Waals surface area contributed by atoms with Crippen molar-refractivity contribution in [3.05, 3.63) is 18.3 Å². The monoisotopic (exact) mass is 237 g/mol. The van der Waals surface area contributed by atoms with Crippen LogP contribution in [-0.2, 0) is 4.79 Å². The van der Waals surface area contributed by atoms with Gasteiger partial charge in [0.05, 0.1) is 18.5 Å². The van der Waals surface area contributed by atoms with Crippen molar-refractivity contribution in [1.29, 1.82) is 0 Å². The third-order valence-electron chi connectivity index (χ3n) is 2.17. The first kappa shape index (κ1) is 13.4. The number of nitrogens with two attached hydrogens (primary N) is 1. The fraction of sp³-hybridized carbons (Fsp3) is 0.500. The number of amides is 1. The van der Waals surface area contributed by atoms with Gasteiger partial charge in [0.15, 0.2) is 0 Å². The summed E-state index contributed by atoms with van der Waals surface area (Å²) in [5, 5.41) is 2.77. The highest BCUT2D eigenvalue weighted by Gasteiger charge is 2.02. The number of unbranched alkanes of at least 4 members (excludes halogenated alkanes) is 1. The smallest absolute Gasteiger partial charge is 0.224 e. The van der Waals surface area contributed by atoms with Gasteiger partial charge >= 0.3 is 0 Å². The lowest BCUT2D eigenvalue weighted by Crippen LogP contribution is -2.12. The van der Waals surface area contributed by atoms with Gasteiger partial charge in [-0.3, -0.25) is 4.79 Å². The SMILES string of the molecule is CCOc1ccc(NC(=O)CCCCN)cn1. The number of carbonyl (C=O) groups excluding carboxylic acids is 1. The Morgan fingerprint density at radius 3 is 2.88 bits per heavy atom. The van der Waals surface area contributed by atoms with Crippen LogP contribution in [0.2, 0.25) is 0 Å². The van der Waals surface area contributed by atoms with Crippen LogP contribution >= 0.6 is 0 Å². The van der Waals surface area contributed by atoms with E-state index in [1.165, 1.54) is 0 Å². The van der Waals surface area contributed by atoms with Crippen LogP contribution in [0.25, 0.3) is 0 Å². The number of nitrogens with zero attached hydrogens (tertiary/aromatic N) is 1. The Balaban J connectivity index is 2.37. The number of nitrogens with one attached hydrogen (secondary N) is 1. The first-order valence-corrected chi connectivity index (χ1v) is 5.85. The van der Waals surface area contributed by atoms with Crippen molar-refractivity contribution in [2.45, 2.75) is 26.2 Å². The molecule has 0 aliphatic heterocycles. The minimum absolute atomic E-state index is 0.00981. The molecule has 0 saturated carbocycles. The summed E-state index contributed by atoms with van der Waals surface area (Å²) in [7, 11) is 0. The van der Waals surface area contributed by atoms with Gasteiger partial charge in [-0.1, -0.05) is 0 Å². The second kappa shape index (κ2) is 7.62. The summed E-state index contributed by atoms with van der Waals surface area (Å²) in [6, 6.07) is 3.51. The number of ether oxygens (including phenoxy) is 1. The van der Waals surface area contributed by atoms with E-state index in [0.29, 0.717) is 31.1 Å². The lowest BCUT2D eigenvalue weighted by Gasteiger charge is -2.06. The predicted octanol–water partition coefficient (Wildman–Crippen LogP) is 1.55. The standard InChI is InChI=1S/C12H19N3O2/c1-2-17-12-7-6-10(9-14-12)15-11(16)5-3-4-8-13/h6-7,9H,2-5,8,13H2,1H3,(H,15,16). The van der Waals surface area contributed by atoms with E-state index >= 15 is 0 Å². The largest absolute Gasteiger partial charge is 0.478 e. The number of anilines is 1. The van der Waals surface area contributed by atoms with Crippen molar-refractivity contribution in [2.24, 2.45) is 5.73 Å². The van der Waals surface area contributed by atoms with E-state index in [-0.39, 0.29) is 5.91 Å². The Bertz CT molecular complexity index is 338. The van der Waals surface area contributed by atoms with E-state index in [1.807, 2.05) is 6.92 Å². The zero-order valence-corrected chi connectivity index (χ0v) is 10.1. The number of hydrogen-bond acceptors (Lipinski definition) is 4. The second-order valence-electron chi connectivity index (χ2n) is 3.61. The molecule has 0 bridgehead atoms. The minimum Gasteiger partial charge on any atom is -0.478 e. The fourth-order valence-corrected chi connectivity index (χ4v) is 1.34. The first-order chi connectivity index (χ1) is 8.26. The Morgan fingerprint density at radius 1 is 1.47 bits per heavy atom. The summed E-state index contributed by atoms with van der Waals surface area (Å²) in [4.78, 5) is 15.5. The topological polar surface area (TPSA) is 77.2 Å². The van der Waals surface area contributed by atoms with E-state index < -0.39 is 0 Å². The Morgan fingerprint density at radius 2 is 2.29 bits per heavy atom. The molecule has 0 radical (unpaired) electrons. The Kier molecular flexibility index (Phi) is 6.03. The van der Waals surface area contributed by atoms with E-state index in [1.54, 1.807) is 18.3 Å². The molecule has 1 aromatic heterocycles. The molecule has 0 spiro atoms. The zero-order valence-electron chi connectivity index (χ0n) is 10.1. The van der Waals surface area contributed by atoms with Crippen molar-refractivity contribution < 1.29 is 9.53 Å². The average molecular weight is 237 g/mol. The molecule has 1 heterocycles. The minimum atomic E-state index is -0.00981. The van der Waals surface area contributed by atoms with Gasteiger partial charge in [-0.2, -0.15) is 0 Å². The van der Waals surface area contributed by atoms with E-state index in [2.05, 4.69) is 10.3 Å². The zero-order chi connectivity index (χ0) is 12.5. The van der Waals surface area contributed by atoms with Crippen molar-refractivity contribution in [1.82, 2.24) is 4.98 Å². The van der Waals surface area contributed by atoms with Gasteiger partial charge in [0.25, 0.3) is 0 Å². The molecule has 1 rings (SSSR count). The molecule has 94 valence electrons. The van der Waals surface area contributed by atoms with E-state index in [0.717, 1.165) is 12.8 Å². The molecule has 0 atom stereocenters. The normalized spacial score (nSPS) is 10.0. The molecule has 0 aromatic carbocycles. The van der Waals surface area contributed by atoms with Gasteiger partial charge in [0, 0.05) is 12.5 Å². The molecule has 5 heteroatoms. The molecule has 0 aliphatic rings. The van der Waals surface area contributed by atoms with Crippen LogP contribution in [0.4, 0.5) is 5.69 Å². The Labute approximate surface area is 101 Å². The molecular formula is C12H19N3O2. The molecule has 0 unspecified atom stereocenters. The van der Waals surface area contributed by atoms with Crippen LogP contribution in [0.5, 0.6) is 5.88 Å². The van der Waals surface area contributed by atoms with Gasteiger partial charge in [-0.15, -0.1) is 0 Å². The number of carbonyl (C=O) groups is 1. The number of aromatic nitrogens is 1. The summed E-state index contributed by atoms with van der Waals surface area (Å²) < 4.78 is 5.21. The van der Waals surface area contributed by atoms with Crippen LogP contribution in [-0.4, -0.2) is 24.0 Å². The molecule has 0 saturated heterocycles. The van der Waals surface area contributed by atoms with Crippen molar-refractivity contribution in [3.8, 4) is 5.88 Å². The van der Waals surface area contributed by atoms with Crippen molar-refractivity contribution in [2.75, 3.05) is 18.5 Å². The molecule has 1 aromatic rings. The molecule has 0 aliphatic carbocycles. The van der Waals surface area contributed by atoms with Crippen LogP contribution in [0, 0.1) is 0 Å². The highest BCUT2D eigenvalue weighted by molar-refractivity contribution is 5.90. The maximum absolute atomic E-state index is 11.5. The van der Waals surface area contributed by atoms with Gasteiger partial charge in [-0.25, -0.2) is 4.98 Å². The average Bonchev–Trinajstić information content (AvgIpc) is 2.32. The van der Waals surface area contributed by atoms with Crippen LogP contribution in [0.1, 0.15) is 26.2 Å². The maximum Gasteiger partial charge on any atom is 0.224 e. The third-order valence-corrected chi connectivity index (χ3v) is 2.17.